The van der Waals surface area contributed by atoms with E-state index in [1.54, 1.807) is 32.4 Å². The van der Waals surface area contributed by atoms with Crippen LogP contribution in [0.3, 0.4) is 0 Å². The number of benzene rings is 1. The molecule has 1 fully saturated rings. The minimum absolute atomic E-state index is 0.0689. The number of Topliss-reactive ketones (excluding diaryl/α,β-unsaturated/α-hetero) is 1. The van der Waals surface area contributed by atoms with Crippen LogP contribution < -0.4 is 14.8 Å². The monoisotopic (exact) mass is 263 g/mol. The van der Waals surface area contributed by atoms with Gasteiger partial charge in [-0.25, -0.2) is 0 Å². The van der Waals surface area contributed by atoms with Gasteiger partial charge in [0.05, 0.1) is 20.3 Å². The van der Waals surface area contributed by atoms with Gasteiger partial charge in [-0.3, -0.25) is 4.79 Å². The van der Waals surface area contributed by atoms with Gasteiger partial charge in [0.15, 0.2) is 17.3 Å². The maximum atomic E-state index is 12.5. The highest BCUT2D eigenvalue weighted by Crippen LogP contribution is 2.28. The maximum Gasteiger partial charge on any atom is 0.179 e. The highest BCUT2D eigenvalue weighted by molar-refractivity contribution is 6.00. The summed E-state index contributed by atoms with van der Waals surface area (Å²) in [6, 6.07) is 5.27. The fourth-order valence-corrected chi connectivity index (χ4v) is 2.44. The summed E-state index contributed by atoms with van der Waals surface area (Å²) in [6.07, 6.45) is 4.36. The highest BCUT2D eigenvalue weighted by Gasteiger charge is 2.21. The summed E-state index contributed by atoms with van der Waals surface area (Å²) in [5.74, 6) is 1.39. The normalized spacial score (nSPS) is 19.6. The Balaban J connectivity index is 2.18. The molecule has 0 aromatic heterocycles. The predicted molar refractivity (Wildman–Crippen MR) is 74.1 cm³/mol. The molecule has 1 unspecified atom stereocenters. The molecule has 0 aliphatic carbocycles. The van der Waals surface area contributed by atoms with E-state index < -0.39 is 0 Å². The Morgan fingerprint density at radius 1 is 1.16 bits per heavy atom. The summed E-state index contributed by atoms with van der Waals surface area (Å²) in [4.78, 5) is 12.5. The topological polar surface area (TPSA) is 47.6 Å². The molecule has 0 spiro atoms. The standard InChI is InChI=1S/C15H21NO3/c1-18-13-8-7-11(10-14(13)19-2)15(17)12-6-4-3-5-9-16-12/h7-8,10,12,16H,3-6,9H2,1-2H3. The second kappa shape index (κ2) is 6.57. The third kappa shape index (κ3) is 3.26. The molecule has 1 aliphatic heterocycles. The average molecular weight is 263 g/mol. The minimum Gasteiger partial charge on any atom is -0.493 e. The second-order valence-electron chi connectivity index (χ2n) is 4.79. The number of methoxy groups -OCH3 is 2. The fourth-order valence-electron chi connectivity index (χ4n) is 2.44. The summed E-state index contributed by atoms with van der Waals surface area (Å²) in [6.45, 7) is 0.920. The van der Waals surface area contributed by atoms with E-state index in [0.717, 1.165) is 25.8 Å². The lowest BCUT2D eigenvalue weighted by Gasteiger charge is -2.15. The van der Waals surface area contributed by atoms with Crippen LogP contribution in [0.5, 0.6) is 11.5 Å². The van der Waals surface area contributed by atoms with Gasteiger partial charge in [-0.05, 0) is 37.6 Å². The number of nitrogens with one attached hydrogen (secondary N) is 1. The van der Waals surface area contributed by atoms with Crippen LogP contribution in [0.1, 0.15) is 36.0 Å². The molecule has 104 valence electrons. The zero-order chi connectivity index (χ0) is 13.7. The molecule has 1 aromatic rings. The summed E-state index contributed by atoms with van der Waals surface area (Å²) >= 11 is 0. The summed E-state index contributed by atoms with van der Waals surface area (Å²) in [5.41, 5.74) is 0.678. The van der Waals surface area contributed by atoms with Gasteiger partial charge in [-0.1, -0.05) is 12.8 Å². The van der Waals surface area contributed by atoms with E-state index in [2.05, 4.69) is 5.32 Å². The second-order valence-corrected chi connectivity index (χ2v) is 4.79. The summed E-state index contributed by atoms with van der Waals surface area (Å²) < 4.78 is 10.4. The molecule has 0 bridgehead atoms. The van der Waals surface area contributed by atoms with Crippen LogP contribution in [0.2, 0.25) is 0 Å². The van der Waals surface area contributed by atoms with Crippen molar-refractivity contribution < 1.29 is 14.3 Å². The van der Waals surface area contributed by atoms with Gasteiger partial charge < -0.3 is 14.8 Å². The van der Waals surface area contributed by atoms with Crippen molar-refractivity contribution in [3.8, 4) is 11.5 Å². The van der Waals surface area contributed by atoms with Crippen LogP contribution in [-0.2, 0) is 0 Å². The average Bonchev–Trinajstić information content (AvgIpc) is 2.74. The molecule has 2 rings (SSSR count). The predicted octanol–water partition coefficient (Wildman–Crippen LogP) is 2.42. The lowest BCUT2D eigenvalue weighted by atomic mass is 10.00. The van der Waals surface area contributed by atoms with E-state index in [4.69, 9.17) is 9.47 Å². The first-order valence-electron chi connectivity index (χ1n) is 6.76. The smallest absolute Gasteiger partial charge is 0.179 e. The van der Waals surface area contributed by atoms with E-state index in [9.17, 15) is 4.79 Å². The van der Waals surface area contributed by atoms with E-state index in [0.29, 0.717) is 17.1 Å². The molecule has 4 nitrogen and oxygen atoms in total. The number of carbonyl (C=O) groups excluding carboxylic acids is 1. The molecule has 1 saturated heterocycles. The van der Waals surface area contributed by atoms with Crippen molar-refractivity contribution in [1.82, 2.24) is 5.32 Å². The minimum atomic E-state index is -0.0689. The molecule has 1 heterocycles. The highest BCUT2D eigenvalue weighted by atomic mass is 16.5. The van der Waals surface area contributed by atoms with Crippen molar-refractivity contribution in [3.63, 3.8) is 0 Å². The molecule has 1 atom stereocenters. The molecule has 19 heavy (non-hydrogen) atoms. The Morgan fingerprint density at radius 3 is 2.68 bits per heavy atom. The van der Waals surface area contributed by atoms with Gasteiger partial charge in [0.1, 0.15) is 0 Å². The molecule has 1 aromatic carbocycles. The van der Waals surface area contributed by atoms with Gasteiger partial charge in [0, 0.05) is 5.56 Å². The van der Waals surface area contributed by atoms with Crippen molar-refractivity contribution >= 4 is 5.78 Å². The Bertz CT molecular complexity index is 437. The van der Waals surface area contributed by atoms with E-state index in [1.807, 2.05) is 0 Å². The Morgan fingerprint density at radius 2 is 1.95 bits per heavy atom. The Labute approximate surface area is 114 Å². The van der Waals surface area contributed by atoms with Crippen molar-refractivity contribution in [2.75, 3.05) is 20.8 Å². The Hall–Kier alpha value is -1.55. The van der Waals surface area contributed by atoms with E-state index in [-0.39, 0.29) is 11.8 Å². The molecule has 0 amide bonds. The lowest BCUT2D eigenvalue weighted by Crippen LogP contribution is -2.36. The maximum absolute atomic E-state index is 12.5. The molecule has 0 radical (unpaired) electrons. The zero-order valence-electron chi connectivity index (χ0n) is 11.6. The number of ether oxygens (including phenoxy) is 2. The van der Waals surface area contributed by atoms with Gasteiger partial charge in [-0.15, -0.1) is 0 Å². The van der Waals surface area contributed by atoms with Crippen molar-refractivity contribution in [1.29, 1.82) is 0 Å². The largest absolute Gasteiger partial charge is 0.493 e. The quantitative estimate of drug-likeness (QED) is 0.847. The number of ketones is 1. The van der Waals surface area contributed by atoms with Crippen LogP contribution in [-0.4, -0.2) is 32.6 Å². The summed E-state index contributed by atoms with van der Waals surface area (Å²) in [7, 11) is 3.17. The SMILES string of the molecule is COc1ccc(C(=O)C2CCCCCN2)cc1OC. The van der Waals surface area contributed by atoms with Gasteiger partial charge in [0.25, 0.3) is 0 Å². The van der Waals surface area contributed by atoms with Crippen molar-refractivity contribution in [3.05, 3.63) is 23.8 Å². The van der Waals surface area contributed by atoms with Gasteiger partial charge >= 0.3 is 0 Å². The number of carbonyl (C=O) groups is 1. The third-order valence-electron chi connectivity index (χ3n) is 3.54. The summed E-state index contributed by atoms with van der Waals surface area (Å²) in [5, 5.41) is 3.32. The molecule has 1 aliphatic rings. The van der Waals surface area contributed by atoms with Crippen molar-refractivity contribution in [2.24, 2.45) is 0 Å². The molecular weight excluding hydrogens is 242 g/mol. The van der Waals surface area contributed by atoms with Crippen LogP contribution in [0, 0.1) is 0 Å². The zero-order valence-corrected chi connectivity index (χ0v) is 11.6. The first-order chi connectivity index (χ1) is 9.26. The van der Waals surface area contributed by atoms with Crippen LogP contribution in [0.25, 0.3) is 0 Å². The third-order valence-corrected chi connectivity index (χ3v) is 3.54. The number of hydrogen-bond donors (Lipinski definition) is 1. The molecule has 0 saturated carbocycles. The fraction of sp³-hybridized carbons (Fsp3) is 0.533. The van der Waals surface area contributed by atoms with E-state index in [1.165, 1.54) is 6.42 Å². The van der Waals surface area contributed by atoms with Crippen LogP contribution in [0.15, 0.2) is 18.2 Å². The van der Waals surface area contributed by atoms with Crippen molar-refractivity contribution in [2.45, 2.75) is 31.7 Å². The molecular formula is C15H21NO3. The Kier molecular flexibility index (Phi) is 4.80. The molecule has 4 heteroatoms. The molecule has 1 N–H and O–H groups in total. The van der Waals surface area contributed by atoms with Crippen LogP contribution in [0.4, 0.5) is 0 Å². The van der Waals surface area contributed by atoms with Gasteiger partial charge in [0.2, 0.25) is 0 Å². The number of rotatable bonds is 4. The first-order valence-corrected chi connectivity index (χ1v) is 6.76. The van der Waals surface area contributed by atoms with Crippen LogP contribution >= 0.6 is 0 Å². The number of hydrogen-bond acceptors (Lipinski definition) is 4. The lowest BCUT2D eigenvalue weighted by molar-refractivity contribution is 0.0940. The van der Waals surface area contributed by atoms with Gasteiger partial charge in [-0.2, -0.15) is 0 Å². The first kappa shape index (κ1) is 13.9. The van der Waals surface area contributed by atoms with E-state index >= 15 is 0 Å².